The van der Waals surface area contributed by atoms with Gasteiger partial charge in [0.2, 0.25) is 0 Å². The fraction of sp³-hybridized carbons (Fsp3) is 0.650. The predicted octanol–water partition coefficient (Wildman–Crippen LogP) is 3.35. The van der Waals surface area contributed by atoms with E-state index in [1.54, 1.807) is 0 Å². The van der Waals surface area contributed by atoms with Crippen LogP contribution < -0.4 is 15.4 Å². The molecule has 0 aliphatic carbocycles. The lowest BCUT2D eigenvalue weighted by Crippen LogP contribution is -2.38. The van der Waals surface area contributed by atoms with E-state index in [-0.39, 0.29) is 24.0 Å². The molecule has 29 heavy (non-hydrogen) atoms. The van der Waals surface area contributed by atoms with Gasteiger partial charge in [-0.25, -0.2) is 4.99 Å². The van der Waals surface area contributed by atoms with E-state index in [9.17, 15) is 13.2 Å². The Kier molecular flexibility index (Phi) is 9.53. The molecule has 1 aromatic carbocycles. The van der Waals surface area contributed by atoms with Crippen molar-refractivity contribution in [1.82, 2.24) is 10.6 Å². The van der Waals surface area contributed by atoms with E-state index >= 15 is 0 Å². The Balaban J connectivity index is 1.84. The molecule has 0 bridgehead atoms. The molecule has 164 valence electrons. The number of aliphatic imine (C=N–C) groups is 1. The fourth-order valence-electron chi connectivity index (χ4n) is 2.96. The molecule has 6 nitrogen and oxygen atoms in total. The highest BCUT2D eigenvalue weighted by Crippen LogP contribution is 2.34. The van der Waals surface area contributed by atoms with Crippen LogP contribution in [0.1, 0.15) is 37.3 Å². The van der Waals surface area contributed by atoms with E-state index < -0.39 is 11.7 Å². The van der Waals surface area contributed by atoms with Gasteiger partial charge < -0.3 is 24.8 Å². The standard InChI is InChI=1S/C20H30F3N3O3/c1-3-24-19(25-9-5-10-28-14-17-6-4-11-29-17)26-13-15-7-8-16(27-2)12-18(15)20(21,22)23/h7-8,12,17H,3-6,9-11,13-14H2,1-2H3,(H2,24,25,26). The highest BCUT2D eigenvalue weighted by atomic mass is 19.4. The van der Waals surface area contributed by atoms with Gasteiger partial charge in [-0.05, 0) is 43.9 Å². The number of methoxy groups -OCH3 is 1. The molecule has 1 heterocycles. The van der Waals surface area contributed by atoms with Crippen molar-refractivity contribution in [3.8, 4) is 5.75 Å². The van der Waals surface area contributed by atoms with E-state index in [1.165, 1.54) is 19.2 Å². The molecule has 1 aliphatic rings. The number of ether oxygens (including phenoxy) is 3. The van der Waals surface area contributed by atoms with Crippen LogP contribution in [0.3, 0.4) is 0 Å². The van der Waals surface area contributed by atoms with Crippen LogP contribution in [0.25, 0.3) is 0 Å². The van der Waals surface area contributed by atoms with Gasteiger partial charge in [-0.1, -0.05) is 6.07 Å². The molecule has 0 radical (unpaired) electrons. The summed E-state index contributed by atoms with van der Waals surface area (Å²) < 4.78 is 55.9. The van der Waals surface area contributed by atoms with Gasteiger partial charge in [-0.3, -0.25) is 0 Å². The topological polar surface area (TPSA) is 64.1 Å². The van der Waals surface area contributed by atoms with Gasteiger partial charge in [0, 0.05) is 26.3 Å². The molecular formula is C20H30F3N3O3. The van der Waals surface area contributed by atoms with Crippen molar-refractivity contribution < 1.29 is 27.4 Å². The van der Waals surface area contributed by atoms with Gasteiger partial charge >= 0.3 is 6.18 Å². The summed E-state index contributed by atoms with van der Waals surface area (Å²) >= 11 is 0. The van der Waals surface area contributed by atoms with Crippen molar-refractivity contribution in [3.63, 3.8) is 0 Å². The second-order valence-electron chi connectivity index (χ2n) is 6.71. The van der Waals surface area contributed by atoms with Crippen LogP contribution in [0.15, 0.2) is 23.2 Å². The molecule has 2 N–H and O–H groups in total. The summed E-state index contributed by atoms with van der Waals surface area (Å²) in [7, 11) is 1.34. The Hall–Kier alpha value is -2.00. The van der Waals surface area contributed by atoms with E-state index in [0.717, 1.165) is 31.9 Å². The van der Waals surface area contributed by atoms with Crippen LogP contribution >= 0.6 is 0 Å². The monoisotopic (exact) mass is 417 g/mol. The normalized spacial score (nSPS) is 17.4. The molecule has 0 spiro atoms. The van der Waals surface area contributed by atoms with Crippen molar-refractivity contribution in [2.75, 3.05) is 40.0 Å². The minimum atomic E-state index is -4.47. The summed E-state index contributed by atoms with van der Waals surface area (Å²) in [5.74, 6) is 0.633. The summed E-state index contributed by atoms with van der Waals surface area (Å²) in [4.78, 5) is 4.29. The molecule has 2 rings (SSSR count). The summed E-state index contributed by atoms with van der Waals surface area (Å²) in [5, 5.41) is 6.16. The number of alkyl halides is 3. The lowest BCUT2D eigenvalue weighted by Gasteiger charge is -2.15. The smallest absolute Gasteiger partial charge is 0.416 e. The summed E-state index contributed by atoms with van der Waals surface area (Å²) in [5.41, 5.74) is -0.644. The first-order valence-electron chi connectivity index (χ1n) is 9.89. The summed E-state index contributed by atoms with van der Waals surface area (Å²) in [6, 6.07) is 3.90. The fourth-order valence-corrected chi connectivity index (χ4v) is 2.96. The number of nitrogens with zero attached hydrogens (tertiary/aromatic N) is 1. The van der Waals surface area contributed by atoms with Gasteiger partial charge in [0.1, 0.15) is 5.75 Å². The second-order valence-corrected chi connectivity index (χ2v) is 6.71. The largest absolute Gasteiger partial charge is 0.497 e. The van der Waals surface area contributed by atoms with Crippen molar-refractivity contribution in [1.29, 1.82) is 0 Å². The first-order chi connectivity index (χ1) is 13.9. The van der Waals surface area contributed by atoms with Crippen LogP contribution in [0.4, 0.5) is 13.2 Å². The first kappa shape index (κ1) is 23.3. The molecule has 9 heteroatoms. The zero-order valence-corrected chi connectivity index (χ0v) is 17.0. The third-order valence-electron chi connectivity index (χ3n) is 4.46. The van der Waals surface area contributed by atoms with Crippen molar-refractivity contribution in [3.05, 3.63) is 29.3 Å². The van der Waals surface area contributed by atoms with Gasteiger partial charge in [0.05, 0.1) is 31.9 Å². The number of hydrogen-bond donors (Lipinski definition) is 2. The molecule has 1 aliphatic heterocycles. The van der Waals surface area contributed by atoms with Crippen molar-refractivity contribution >= 4 is 5.96 Å². The molecule has 1 atom stereocenters. The van der Waals surface area contributed by atoms with Gasteiger partial charge in [0.25, 0.3) is 0 Å². The summed E-state index contributed by atoms with van der Waals surface area (Å²) in [6.45, 7) is 5.01. The zero-order valence-electron chi connectivity index (χ0n) is 17.0. The number of halogens is 3. The maximum absolute atomic E-state index is 13.3. The Morgan fingerprint density at radius 1 is 1.31 bits per heavy atom. The lowest BCUT2D eigenvalue weighted by atomic mass is 10.1. The quantitative estimate of drug-likeness (QED) is 0.347. The van der Waals surface area contributed by atoms with Crippen molar-refractivity contribution in [2.24, 2.45) is 4.99 Å². The van der Waals surface area contributed by atoms with Crippen LogP contribution in [0.5, 0.6) is 5.75 Å². The number of guanidine groups is 1. The highest BCUT2D eigenvalue weighted by molar-refractivity contribution is 5.79. The maximum Gasteiger partial charge on any atom is 0.416 e. The maximum atomic E-state index is 13.3. The highest BCUT2D eigenvalue weighted by Gasteiger charge is 2.33. The lowest BCUT2D eigenvalue weighted by molar-refractivity contribution is -0.138. The summed E-state index contributed by atoms with van der Waals surface area (Å²) in [6.07, 6.45) is -1.38. The average Bonchev–Trinajstić information content (AvgIpc) is 3.21. The van der Waals surface area contributed by atoms with Crippen LogP contribution in [0.2, 0.25) is 0 Å². The molecule has 1 aromatic rings. The molecule has 0 amide bonds. The van der Waals surface area contributed by atoms with Gasteiger partial charge in [-0.15, -0.1) is 0 Å². The third-order valence-corrected chi connectivity index (χ3v) is 4.46. The Morgan fingerprint density at radius 3 is 2.79 bits per heavy atom. The predicted molar refractivity (Wildman–Crippen MR) is 105 cm³/mol. The van der Waals surface area contributed by atoms with E-state index in [0.29, 0.717) is 32.3 Å². The zero-order chi connectivity index (χ0) is 21.1. The van der Waals surface area contributed by atoms with Gasteiger partial charge in [0.15, 0.2) is 5.96 Å². The molecule has 1 unspecified atom stereocenters. The number of hydrogen-bond acceptors (Lipinski definition) is 4. The number of rotatable bonds is 10. The van der Waals surface area contributed by atoms with Crippen LogP contribution in [0, 0.1) is 0 Å². The Labute approximate surface area is 169 Å². The molecule has 0 aromatic heterocycles. The molecule has 1 saturated heterocycles. The third kappa shape index (κ3) is 8.10. The minimum Gasteiger partial charge on any atom is -0.497 e. The molecule has 0 saturated carbocycles. The molecule has 1 fully saturated rings. The van der Waals surface area contributed by atoms with Gasteiger partial charge in [-0.2, -0.15) is 13.2 Å². The minimum absolute atomic E-state index is 0.0930. The average molecular weight is 417 g/mol. The van der Waals surface area contributed by atoms with Crippen molar-refractivity contribution in [2.45, 2.75) is 45.0 Å². The SMILES string of the molecule is CCNC(=NCc1ccc(OC)cc1C(F)(F)F)NCCCOCC1CCCO1. The van der Waals surface area contributed by atoms with E-state index in [1.807, 2.05) is 6.92 Å². The van der Waals surface area contributed by atoms with Crippen LogP contribution in [-0.4, -0.2) is 52.1 Å². The molecular weight excluding hydrogens is 387 g/mol. The Bertz CT molecular complexity index is 648. The number of nitrogens with one attached hydrogen (secondary N) is 2. The Morgan fingerprint density at radius 2 is 2.14 bits per heavy atom. The van der Waals surface area contributed by atoms with E-state index in [4.69, 9.17) is 14.2 Å². The second kappa shape index (κ2) is 11.9. The first-order valence-corrected chi connectivity index (χ1v) is 9.89. The van der Waals surface area contributed by atoms with E-state index in [2.05, 4.69) is 15.6 Å². The number of benzene rings is 1. The van der Waals surface area contributed by atoms with Crippen LogP contribution in [-0.2, 0) is 22.2 Å².